The molecule has 60 heavy (non-hydrogen) atoms. The van der Waals surface area contributed by atoms with Crippen molar-refractivity contribution in [1.29, 1.82) is 0 Å². The molecule has 9 aromatic carbocycles. The van der Waals surface area contributed by atoms with E-state index >= 15 is 0 Å². The van der Waals surface area contributed by atoms with E-state index < -0.39 is 5.41 Å². The molecule has 1 aliphatic carbocycles. The minimum absolute atomic E-state index is 0.148. The lowest BCUT2D eigenvalue weighted by atomic mass is 9.42. The summed E-state index contributed by atoms with van der Waals surface area (Å²) in [6, 6.07) is 72.3. The summed E-state index contributed by atoms with van der Waals surface area (Å²) >= 11 is 0. The molecule has 0 bridgehead atoms. The number of aryl methyl sites for hydroxylation is 1. The van der Waals surface area contributed by atoms with E-state index in [0.29, 0.717) is 0 Å². The highest BCUT2D eigenvalue weighted by Crippen LogP contribution is 2.64. The third kappa shape index (κ3) is 3.92. The van der Waals surface area contributed by atoms with E-state index in [1.165, 1.54) is 94.9 Å². The van der Waals surface area contributed by atoms with Crippen LogP contribution in [0.5, 0.6) is 0 Å². The molecule has 0 radical (unpaired) electrons. The lowest BCUT2D eigenvalue weighted by molar-refractivity contribution is 0.669. The number of hydrogen-bond acceptors (Lipinski definition) is 3. The van der Waals surface area contributed by atoms with Crippen molar-refractivity contribution in [3.63, 3.8) is 0 Å². The first kappa shape index (κ1) is 32.4. The van der Waals surface area contributed by atoms with Gasteiger partial charge in [0.1, 0.15) is 5.58 Å². The quantitative estimate of drug-likeness (QED) is 0.164. The molecule has 3 aliphatic heterocycles. The Balaban J connectivity index is 1.13. The highest BCUT2D eigenvalue weighted by Gasteiger charge is 2.55. The molecule has 0 fully saturated rings. The Hall–Kier alpha value is -7.56. The average Bonchev–Trinajstić information content (AvgIpc) is 3.83. The molecule has 14 rings (SSSR count). The van der Waals surface area contributed by atoms with Gasteiger partial charge >= 0.3 is 6.85 Å². The largest absolute Gasteiger partial charge is 0.454 e. The van der Waals surface area contributed by atoms with Gasteiger partial charge in [-0.05, 0) is 110 Å². The monoisotopic (exact) mass is 762 g/mol. The minimum Gasteiger partial charge on any atom is -0.454 e. The van der Waals surface area contributed by atoms with Gasteiger partial charge in [0.2, 0.25) is 0 Å². The molecule has 4 heteroatoms. The number of fused-ring (bicyclic) bond motifs is 16. The van der Waals surface area contributed by atoms with E-state index in [0.717, 1.165) is 27.6 Å². The van der Waals surface area contributed by atoms with Crippen LogP contribution in [-0.4, -0.2) is 6.85 Å². The second-order valence-corrected chi connectivity index (χ2v) is 16.8. The van der Waals surface area contributed by atoms with Crippen molar-refractivity contribution in [3.05, 3.63) is 222 Å². The van der Waals surface area contributed by atoms with E-state index in [-0.39, 0.29) is 6.85 Å². The van der Waals surface area contributed by atoms with Crippen LogP contribution in [0.3, 0.4) is 0 Å². The van der Waals surface area contributed by atoms with Crippen molar-refractivity contribution in [2.75, 3.05) is 9.71 Å². The summed E-state index contributed by atoms with van der Waals surface area (Å²) in [7, 11) is 0. The third-order valence-electron chi connectivity index (χ3n) is 13.9. The maximum Gasteiger partial charge on any atom is 0.333 e. The van der Waals surface area contributed by atoms with E-state index in [1.54, 1.807) is 0 Å². The zero-order valence-electron chi connectivity index (χ0n) is 32.9. The molecule has 0 N–H and O–H groups in total. The Morgan fingerprint density at radius 3 is 1.95 bits per heavy atom. The number of hydrogen-bond donors (Lipinski definition) is 0. The maximum absolute atomic E-state index is 6.91. The highest BCUT2D eigenvalue weighted by atomic mass is 16.3. The molecule has 4 heterocycles. The van der Waals surface area contributed by atoms with Crippen molar-refractivity contribution in [2.45, 2.75) is 12.3 Å². The normalized spacial score (nSPS) is 14.4. The van der Waals surface area contributed by atoms with Crippen LogP contribution in [0.1, 0.15) is 27.8 Å². The second-order valence-electron chi connectivity index (χ2n) is 16.8. The number of rotatable bonds is 2. The predicted molar refractivity (Wildman–Crippen MR) is 248 cm³/mol. The van der Waals surface area contributed by atoms with Gasteiger partial charge in [-0.25, -0.2) is 0 Å². The topological polar surface area (TPSA) is 19.6 Å². The lowest BCUT2D eigenvalue weighted by Crippen LogP contribution is -2.62. The van der Waals surface area contributed by atoms with Crippen molar-refractivity contribution in [1.82, 2.24) is 0 Å². The van der Waals surface area contributed by atoms with Crippen LogP contribution in [0.15, 0.2) is 199 Å². The van der Waals surface area contributed by atoms with Gasteiger partial charge in [0.05, 0.1) is 16.8 Å². The molecule has 0 unspecified atom stereocenters. The molecule has 10 aromatic rings. The van der Waals surface area contributed by atoms with Crippen molar-refractivity contribution in [3.8, 4) is 33.4 Å². The van der Waals surface area contributed by atoms with Crippen molar-refractivity contribution < 1.29 is 4.42 Å². The maximum atomic E-state index is 6.91. The molecule has 1 spiro atoms. The van der Waals surface area contributed by atoms with Gasteiger partial charge in [-0.3, -0.25) is 0 Å². The number of furan rings is 1. The summed E-state index contributed by atoms with van der Waals surface area (Å²) in [5.41, 5.74) is 23.9. The van der Waals surface area contributed by atoms with Gasteiger partial charge in [-0.15, -0.1) is 0 Å². The molecule has 0 saturated heterocycles. The Morgan fingerprint density at radius 1 is 0.450 bits per heavy atom. The number of anilines is 5. The van der Waals surface area contributed by atoms with Crippen LogP contribution in [0.25, 0.3) is 55.3 Å². The SMILES string of the molecule is Cc1cc2c3c(c1)N1c4ccccc4C4(c5ccccc5-c5ccccc54)c4cccc(c41)B3N(c1cccc3c1oc1ccccc13)c1ccc(-c3ccccc3)cc1-2. The minimum atomic E-state index is -0.503. The van der Waals surface area contributed by atoms with Crippen molar-refractivity contribution in [2.24, 2.45) is 0 Å². The van der Waals surface area contributed by atoms with E-state index in [1.807, 2.05) is 0 Å². The molecule has 1 aromatic heterocycles. The summed E-state index contributed by atoms with van der Waals surface area (Å²) in [6.45, 7) is 2.11. The Morgan fingerprint density at radius 2 is 1.12 bits per heavy atom. The van der Waals surface area contributed by atoms with Gasteiger partial charge in [0, 0.05) is 33.4 Å². The van der Waals surface area contributed by atoms with E-state index in [4.69, 9.17) is 4.42 Å². The molecule has 0 saturated carbocycles. The fourth-order valence-corrected chi connectivity index (χ4v) is 11.7. The lowest BCUT2D eigenvalue weighted by Gasteiger charge is -2.51. The molecule has 278 valence electrons. The Labute approximate surface area is 348 Å². The van der Waals surface area contributed by atoms with Gasteiger partial charge in [0.25, 0.3) is 0 Å². The van der Waals surface area contributed by atoms with Gasteiger partial charge in [0.15, 0.2) is 5.58 Å². The smallest absolute Gasteiger partial charge is 0.333 e. The second kappa shape index (κ2) is 11.6. The van der Waals surface area contributed by atoms with Crippen molar-refractivity contribution >= 4 is 68.1 Å². The fourth-order valence-electron chi connectivity index (χ4n) is 11.7. The number of benzene rings is 9. The average molecular weight is 763 g/mol. The van der Waals surface area contributed by atoms with E-state index in [9.17, 15) is 0 Å². The first-order valence-electron chi connectivity index (χ1n) is 21.0. The Kier molecular flexibility index (Phi) is 6.24. The van der Waals surface area contributed by atoms with Crippen LogP contribution in [0.4, 0.5) is 28.4 Å². The van der Waals surface area contributed by atoms with Crippen LogP contribution in [0, 0.1) is 6.92 Å². The molecule has 0 atom stereocenters. The van der Waals surface area contributed by atoms with Gasteiger partial charge in [-0.1, -0.05) is 158 Å². The standard InChI is InChI=1S/C56H35BN2O/c1-34-31-42-41-33-36(35-15-3-2-4-16-35)29-30-48(41)59(50-27-13-20-40-39-19-7-12-28-52(39)60-55(40)50)57-47-25-14-24-46-54(47)58(51(32-34)53(42)57)49-26-11-10-23-45(49)56(46)43-21-8-5-17-37(43)38-18-6-9-22-44(38)56/h2-33H,1H3. The summed E-state index contributed by atoms with van der Waals surface area (Å²) < 4.78 is 6.91. The Bertz CT molecular complexity index is 3450. The number of para-hydroxylation sites is 4. The number of nitrogens with zero attached hydrogens (tertiary/aromatic N) is 2. The van der Waals surface area contributed by atoms with E-state index in [2.05, 4.69) is 211 Å². The molecular formula is C56H35BN2O. The highest BCUT2D eigenvalue weighted by molar-refractivity contribution is 6.93. The fraction of sp³-hybridized carbons (Fsp3) is 0.0357. The summed E-state index contributed by atoms with van der Waals surface area (Å²) in [5, 5.41) is 2.26. The molecule has 0 amide bonds. The summed E-state index contributed by atoms with van der Waals surface area (Å²) in [4.78, 5) is 5.22. The summed E-state index contributed by atoms with van der Waals surface area (Å²) in [6.07, 6.45) is 0. The zero-order chi connectivity index (χ0) is 39.3. The predicted octanol–water partition coefficient (Wildman–Crippen LogP) is 12.9. The van der Waals surface area contributed by atoms with Crippen LogP contribution in [-0.2, 0) is 5.41 Å². The van der Waals surface area contributed by atoms with Crippen LogP contribution >= 0.6 is 0 Å². The van der Waals surface area contributed by atoms with Gasteiger partial charge < -0.3 is 14.1 Å². The molecule has 4 aliphatic rings. The van der Waals surface area contributed by atoms with Crippen LogP contribution < -0.4 is 20.6 Å². The molecule has 3 nitrogen and oxygen atoms in total. The zero-order valence-corrected chi connectivity index (χ0v) is 32.9. The van der Waals surface area contributed by atoms with Crippen LogP contribution in [0.2, 0.25) is 0 Å². The first-order valence-corrected chi connectivity index (χ1v) is 21.0. The molecular weight excluding hydrogens is 727 g/mol. The third-order valence-corrected chi connectivity index (χ3v) is 13.9. The van der Waals surface area contributed by atoms with Gasteiger partial charge in [-0.2, -0.15) is 0 Å². The first-order chi connectivity index (χ1) is 29.7. The summed E-state index contributed by atoms with van der Waals surface area (Å²) in [5.74, 6) is 0.